The molecule has 0 fully saturated rings. The fourth-order valence-corrected chi connectivity index (χ4v) is 3.34. The van der Waals surface area contributed by atoms with E-state index in [4.69, 9.17) is 16.6 Å². The zero-order valence-corrected chi connectivity index (χ0v) is 20.8. The van der Waals surface area contributed by atoms with Crippen LogP contribution in [0, 0.1) is 5.92 Å². The van der Waals surface area contributed by atoms with Gasteiger partial charge in [0, 0.05) is 19.3 Å². The number of hydrogen-bond donors (Lipinski definition) is 7. The quantitative estimate of drug-likeness (QED) is 0.139. The van der Waals surface area contributed by atoms with Crippen LogP contribution in [0.25, 0.3) is 0 Å². The van der Waals surface area contributed by atoms with E-state index < -0.39 is 72.1 Å². The highest BCUT2D eigenvalue weighted by atomic mass is 16.4. The van der Waals surface area contributed by atoms with Crippen molar-refractivity contribution < 1.29 is 39.0 Å². The lowest BCUT2D eigenvalue weighted by Crippen LogP contribution is -2.58. The number of rotatable bonds is 16. The maximum absolute atomic E-state index is 13.0. The van der Waals surface area contributed by atoms with E-state index in [1.165, 1.54) is 0 Å². The van der Waals surface area contributed by atoms with E-state index in [0.29, 0.717) is 5.56 Å². The maximum atomic E-state index is 13.0. The van der Waals surface area contributed by atoms with Crippen LogP contribution in [-0.4, -0.2) is 69.9 Å². The van der Waals surface area contributed by atoms with E-state index in [1.807, 2.05) is 0 Å². The van der Waals surface area contributed by atoms with Crippen LogP contribution in [0.15, 0.2) is 30.3 Å². The van der Waals surface area contributed by atoms with Crippen LogP contribution in [0.2, 0.25) is 0 Å². The second kappa shape index (κ2) is 15.2. The number of carboxylic acid groups (broad SMARTS) is 2. The van der Waals surface area contributed by atoms with Gasteiger partial charge in [-0.15, -0.1) is 0 Å². The molecule has 0 saturated carbocycles. The van der Waals surface area contributed by atoms with Gasteiger partial charge in [0.1, 0.15) is 18.1 Å². The standard InChI is InChI=1S/C24H35N5O8/c1-13(2)20(29-21(33)15(25)8-10-18(26)30)23(35)27-16(9-11-19(31)32)22(34)28-17(24(36)37)12-14-6-4-3-5-7-14/h3-7,13,15-17,20H,8-12,25H2,1-2H3,(H2,26,30)(H,27,35)(H,28,34)(H,29,33)(H,31,32)(H,36,37). The van der Waals surface area contributed by atoms with Crippen molar-refractivity contribution in [2.45, 2.75) is 70.1 Å². The van der Waals surface area contributed by atoms with Crippen LogP contribution in [0.1, 0.15) is 45.1 Å². The third-order valence-electron chi connectivity index (χ3n) is 5.46. The van der Waals surface area contributed by atoms with E-state index in [-0.39, 0.29) is 25.7 Å². The molecule has 0 bridgehead atoms. The SMILES string of the molecule is CC(C)C(NC(=O)C(N)CCC(N)=O)C(=O)NC(CCC(=O)O)C(=O)NC(Cc1ccccc1)C(=O)O. The molecule has 0 aliphatic heterocycles. The molecule has 0 heterocycles. The van der Waals surface area contributed by atoms with Crippen LogP contribution < -0.4 is 27.4 Å². The minimum absolute atomic E-state index is 0.0324. The Morgan fingerprint density at radius 2 is 1.41 bits per heavy atom. The molecule has 0 spiro atoms. The van der Waals surface area contributed by atoms with Gasteiger partial charge in [0.25, 0.3) is 0 Å². The highest BCUT2D eigenvalue weighted by Gasteiger charge is 2.32. The molecule has 0 aliphatic carbocycles. The van der Waals surface area contributed by atoms with Crippen molar-refractivity contribution in [2.24, 2.45) is 17.4 Å². The second-order valence-corrected chi connectivity index (χ2v) is 8.92. The fourth-order valence-electron chi connectivity index (χ4n) is 3.34. The van der Waals surface area contributed by atoms with E-state index in [0.717, 1.165) is 0 Å². The van der Waals surface area contributed by atoms with E-state index in [2.05, 4.69) is 16.0 Å². The topological polar surface area (TPSA) is 231 Å². The number of nitrogens with one attached hydrogen (secondary N) is 3. The molecule has 1 rings (SSSR count). The zero-order valence-electron chi connectivity index (χ0n) is 20.8. The van der Waals surface area contributed by atoms with Gasteiger partial charge in [-0.1, -0.05) is 44.2 Å². The third-order valence-corrected chi connectivity index (χ3v) is 5.46. The number of amides is 4. The van der Waals surface area contributed by atoms with Gasteiger partial charge in [0.15, 0.2) is 0 Å². The Balaban J connectivity index is 2.98. The summed E-state index contributed by atoms with van der Waals surface area (Å²) in [6.07, 6.45) is -0.990. The van der Waals surface area contributed by atoms with Crippen LogP contribution in [0.4, 0.5) is 0 Å². The summed E-state index contributed by atoms with van der Waals surface area (Å²) in [6, 6.07) is 3.59. The van der Waals surface area contributed by atoms with Gasteiger partial charge in [-0.25, -0.2) is 4.79 Å². The monoisotopic (exact) mass is 521 g/mol. The van der Waals surface area contributed by atoms with Crippen molar-refractivity contribution in [3.63, 3.8) is 0 Å². The lowest BCUT2D eigenvalue weighted by molar-refractivity contribution is -0.143. The van der Waals surface area contributed by atoms with Crippen molar-refractivity contribution in [1.29, 1.82) is 0 Å². The molecule has 4 amide bonds. The molecule has 1 aromatic rings. The number of aliphatic carboxylic acids is 2. The number of carbonyl (C=O) groups excluding carboxylic acids is 4. The second-order valence-electron chi connectivity index (χ2n) is 8.92. The Hall–Kier alpha value is -4.00. The van der Waals surface area contributed by atoms with Gasteiger partial charge in [-0.3, -0.25) is 24.0 Å². The number of benzene rings is 1. The van der Waals surface area contributed by atoms with Crippen molar-refractivity contribution in [3.05, 3.63) is 35.9 Å². The van der Waals surface area contributed by atoms with Crippen molar-refractivity contribution >= 4 is 35.6 Å². The summed E-state index contributed by atoms with van der Waals surface area (Å²) in [4.78, 5) is 72.1. The summed E-state index contributed by atoms with van der Waals surface area (Å²) in [5.74, 6) is -6.01. The third kappa shape index (κ3) is 11.5. The average Bonchev–Trinajstić information content (AvgIpc) is 2.82. The van der Waals surface area contributed by atoms with Gasteiger partial charge in [-0.2, -0.15) is 0 Å². The Kier molecular flexibility index (Phi) is 12.7. The number of hydrogen-bond acceptors (Lipinski definition) is 7. The molecular formula is C24H35N5O8. The first-order valence-electron chi connectivity index (χ1n) is 11.7. The van der Waals surface area contributed by atoms with Gasteiger partial charge in [0.05, 0.1) is 6.04 Å². The summed E-state index contributed by atoms with van der Waals surface area (Å²) in [5.41, 5.74) is 11.5. The van der Waals surface area contributed by atoms with Crippen molar-refractivity contribution in [3.8, 4) is 0 Å². The first-order chi connectivity index (χ1) is 17.3. The smallest absolute Gasteiger partial charge is 0.326 e. The molecule has 4 atom stereocenters. The summed E-state index contributed by atoms with van der Waals surface area (Å²) >= 11 is 0. The van der Waals surface area contributed by atoms with E-state index >= 15 is 0 Å². The Morgan fingerprint density at radius 1 is 0.811 bits per heavy atom. The molecular weight excluding hydrogens is 486 g/mol. The maximum Gasteiger partial charge on any atom is 0.326 e. The molecule has 204 valence electrons. The Bertz CT molecular complexity index is 969. The summed E-state index contributed by atoms with van der Waals surface area (Å²) in [7, 11) is 0. The van der Waals surface area contributed by atoms with Crippen LogP contribution in [-0.2, 0) is 35.2 Å². The number of carboxylic acids is 2. The van der Waals surface area contributed by atoms with Crippen LogP contribution in [0.3, 0.4) is 0 Å². The van der Waals surface area contributed by atoms with E-state index in [9.17, 15) is 33.9 Å². The van der Waals surface area contributed by atoms with E-state index in [1.54, 1.807) is 44.2 Å². The molecule has 0 saturated heterocycles. The first kappa shape index (κ1) is 31.0. The van der Waals surface area contributed by atoms with Gasteiger partial charge >= 0.3 is 11.9 Å². The fraction of sp³-hybridized carbons (Fsp3) is 0.500. The Morgan fingerprint density at radius 3 is 1.92 bits per heavy atom. The minimum Gasteiger partial charge on any atom is -0.481 e. The highest BCUT2D eigenvalue weighted by molar-refractivity contribution is 5.94. The lowest BCUT2D eigenvalue weighted by Gasteiger charge is -2.27. The molecule has 0 aliphatic rings. The number of primary amides is 1. The zero-order chi connectivity index (χ0) is 28.1. The van der Waals surface area contributed by atoms with Gasteiger partial charge in [0.2, 0.25) is 23.6 Å². The molecule has 0 aromatic heterocycles. The largest absolute Gasteiger partial charge is 0.481 e. The molecule has 4 unspecified atom stereocenters. The normalized spacial score (nSPS) is 14.1. The Labute approximate surface area is 214 Å². The number of carbonyl (C=O) groups is 6. The predicted octanol–water partition coefficient (Wildman–Crippen LogP) is -1.12. The molecule has 1 aromatic carbocycles. The number of nitrogens with two attached hydrogens (primary N) is 2. The van der Waals surface area contributed by atoms with Gasteiger partial charge in [-0.05, 0) is 24.3 Å². The molecule has 13 nitrogen and oxygen atoms in total. The van der Waals surface area contributed by atoms with Crippen molar-refractivity contribution in [2.75, 3.05) is 0 Å². The summed E-state index contributed by atoms with van der Waals surface area (Å²) in [5, 5.41) is 25.9. The summed E-state index contributed by atoms with van der Waals surface area (Å²) < 4.78 is 0. The van der Waals surface area contributed by atoms with Crippen LogP contribution >= 0.6 is 0 Å². The molecule has 0 radical (unpaired) electrons. The molecule has 13 heteroatoms. The van der Waals surface area contributed by atoms with Crippen molar-refractivity contribution in [1.82, 2.24) is 16.0 Å². The predicted molar refractivity (Wildman–Crippen MR) is 132 cm³/mol. The molecule has 37 heavy (non-hydrogen) atoms. The first-order valence-corrected chi connectivity index (χ1v) is 11.7. The lowest BCUT2D eigenvalue weighted by atomic mass is 10.0. The minimum atomic E-state index is -1.39. The van der Waals surface area contributed by atoms with Crippen LogP contribution in [0.5, 0.6) is 0 Å². The average molecular weight is 522 g/mol. The highest BCUT2D eigenvalue weighted by Crippen LogP contribution is 2.08. The van der Waals surface area contributed by atoms with Gasteiger partial charge < -0.3 is 37.6 Å². The summed E-state index contributed by atoms with van der Waals surface area (Å²) in [6.45, 7) is 3.26. The molecule has 9 N–H and O–H groups in total.